The van der Waals surface area contributed by atoms with Gasteiger partial charge in [0.15, 0.2) is 5.70 Å². The number of benzene rings is 2. The molecular weight excluding hydrogens is 339 g/mol. The summed E-state index contributed by atoms with van der Waals surface area (Å²) in [6.45, 7) is 0. The van der Waals surface area contributed by atoms with Gasteiger partial charge in [0.25, 0.3) is 5.69 Å². The van der Waals surface area contributed by atoms with E-state index in [1.54, 1.807) is 6.07 Å². The summed E-state index contributed by atoms with van der Waals surface area (Å²) in [6.07, 6.45) is 1.31. The smallest absolute Gasteiger partial charge is 0.363 e. The molecule has 0 N–H and O–H groups in total. The van der Waals surface area contributed by atoms with E-state index < -0.39 is 16.7 Å². The van der Waals surface area contributed by atoms with Crippen LogP contribution in [0.4, 0.5) is 10.1 Å². The van der Waals surface area contributed by atoms with Crippen molar-refractivity contribution >= 4 is 35.2 Å². The normalized spacial score (nSPS) is 15.3. The average molecular weight is 347 g/mol. The van der Waals surface area contributed by atoms with E-state index in [0.717, 1.165) is 0 Å². The summed E-state index contributed by atoms with van der Waals surface area (Å²) in [6, 6.07) is 9.77. The molecule has 8 heteroatoms. The summed E-state index contributed by atoms with van der Waals surface area (Å²) in [5.41, 5.74) is 0.00785. The highest BCUT2D eigenvalue weighted by atomic mass is 35.5. The van der Waals surface area contributed by atoms with Gasteiger partial charge in [0.05, 0.1) is 10.5 Å². The summed E-state index contributed by atoms with van der Waals surface area (Å²) in [5, 5.41) is 10.9. The Morgan fingerprint density at radius 3 is 2.71 bits per heavy atom. The van der Waals surface area contributed by atoms with E-state index in [1.807, 2.05) is 0 Å². The molecular formula is C16H8ClFN2O4. The van der Waals surface area contributed by atoms with Gasteiger partial charge in [0.1, 0.15) is 10.8 Å². The molecule has 1 aliphatic heterocycles. The first kappa shape index (κ1) is 15.8. The monoisotopic (exact) mass is 346 g/mol. The molecule has 24 heavy (non-hydrogen) atoms. The van der Waals surface area contributed by atoms with Crippen molar-refractivity contribution in [2.75, 3.05) is 0 Å². The molecule has 0 spiro atoms. The summed E-state index contributed by atoms with van der Waals surface area (Å²) in [7, 11) is 0. The number of carbonyl (C=O) groups excluding carboxylic acids is 1. The average Bonchev–Trinajstić information content (AvgIpc) is 2.90. The van der Waals surface area contributed by atoms with E-state index >= 15 is 0 Å². The van der Waals surface area contributed by atoms with E-state index in [9.17, 15) is 19.3 Å². The van der Waals surface area contributed by atoms with Gasteiger partial charge < -0.3 is 4.74 Å². The molecule has 0 saturated carbocycles. The number of nitro groups is 1. The van der Waals surface area contributed by atoms with Gasteiger partial charge in [-0.05, 0) is 29.8 Å². The maximum Gasteiger partial charge on any atom is 0.363 e. The zero-order chi connectivity index (χ0) is 17.3. The molecule has 0 unspecified atom stereocenters. The van der Waals surface area contributed by atoms with Gasteiger partial charge in [-0.2, -0.15) is 0 Å². The van der Waals surface area contributed by atoms with Crippen molar-refractivity contribution in [3.63, 3.8) is 0 Å². The molecule has 6 nitrogen and oxygen atoms in total. The zero-order valence-electron chi connectivity index (χ0n) is 11.9. The SMILES string of the molecule is O=C1OC(c2ccccc2F)=N/C1=C\c1ccc(Cl)c([N+](=O)[O-])c1. The van der Waals surface area contributed by atoms with Crippen LogP contribution in [0.25, 0.3) is 6.08 Å². The number of halogens is 2. The third-order valence-electron chi connectivity index (χ3n) is 3.20. The van der Waals surface area contributed by atoms with Crippen molar-refractivity contribution in [3.8, 4) is 0 Å². The highest BCUT2D eigenvalue weighted by Crippen LogP contribution is 2.27. The molecule has 0 amide bonds. The minimum absolute atomic E-state index is 0.0216. The van der Waals surface area contributed by atoms with Crippen LogP contribution in [0, 0.1) is 15.9 Å². The first-order chi connectivity index (χ1) is 11.5. The number of nitrogens with zero attached hydrogens (tertiary/aromatic N) is 2. The molecule has 0 fully saturated rings. The van der Waals surface area contributed by atoms with Crippen LogP contribution in [0.3, 0.4) is 0 Å². The Morgan fingerprint density at radius 1 is 1.25 bits per heavy atom. The minimum Gasteiger partial charge on any atom is -0.402 e. The molecule has 0 atom stereocenters. The van der Waals surface area contributed by atoms with E-state index in [2.05, 4.69) is 4.99 Å². The Labute approximate surface area is 140 Å². The minimum atomic E-state index is -0.772. The van der Waals surface area contributed by atoms with E-state index in [4.69, 9.17) is 16.3 Å². The Bertz CT molecular complexity index is 924. The molecule has 1 heterocycles. The zero-order valence-corrected chi connectivity index (χ0v) is 12.7. The second kappa shape index (κ2) is 6.21. The number of hydrogen-bond acceptors (Lipinski definition) is 5. The third-order valence-corrected chi connectivity index (χ3v) is 3.51. The van der Waals surface area contributed by atoms with Gasteiger partial charge >= 0.3 is 5.97 Å². The lowest BCUT2D eigenvalue weighted by molar-refractivity contribution is -0.384. The lowest BCUT2D eigenvalue weighted by Gasteiger charge is -1.99. The van der Waals surface area contributed by atoms with Crippen LogP contribution in [-0.4, -0.2) is 16.8 Å². The van der Waals surface area contributed by atoms with Gasteiger partial charge in [-0.1, -0.05) is 29.8 Å². The number of aliphatic imine (C=N–C) groups is 1. The maximum absolute atomic E-state index is 13.7. The maximum atomic E-state index is 13.7. The lowest BCUT2D eigenvalue weighted by atomic mass is 10.1. The van der Waals surface area contributed by atoms with Gasteiger partial charge in [0, 0.05) is 6.07 Å². The predicted octanol–water partition coefficient (Wildman–Crippen LogP) is 3.73. The molecule has 0 saturated heterocycles. The number of nitro benzene ring substituents is 1. The Morgan fingerprint density at radius 2 is 2.00 bits per heavy atom. The van der Waals surface area contributed by atoms with Gasteiger partial charge in [-0.25, -0.2) is 14.2 Å². The molecule has 0 aromatic heterocycles. The van der Waals surface area contributed by atoms with Crippen LogP contribution >= 0.6 is 11.6 Å². The van der Waals surface area contributed by atoms with Crippen LogP contribution in [-0.2, 0) is 9.53 Å². The second-order valence-corrected chi connectivity index (χ2v) is 5.19. The fourth-order valence-corrected chi connectivity index (χ4v) is 2.26. The number of hydrogen-bond donors (Lipinski definition) is 0. The fourth-order valence-electron chi connectivity index (χ4n) is 2.08. The van der Waals surface area contributed by atoms with Crippen LogP contribution in [0.15, 0.2) is 53.2 Å². The summed E-state index contributed by atoms with van der Waals surface area (Å²) >= 11 is 5.73. The van der Waals surface area contributed by atoms with E-state index in [0.29, 0.717) is 5.56 Å². The van der Waals surface area contributed by atoms with Crippen molar-refractivity contribution in [2.45, 2.75) is 0 Å². The Balaban J connectivity index is 1.99. The Hall–Kier alpha value is -3.06. The summed E-state index contributed by atoms with van der Waals surface area (Å²) in [4.78, 5) is 26.1. The van der Waals surface area contributed by atoms with Crippen molar-refractivity contribution in [1.82, 2.24) is 0 Å². The molecule has 0 aliphatic carbocycles. The van der Waals surface area contributed by atoms with E-state index in [1.165, 1.54) is 42.5 Å². The molecule has 1 aliphatic rings. The number of esters is 1. The molecule has 0 bridgehead atoms. The van der Waals surface area contributed by atoms with Crippen molar-refractivity contribution in [2.24, 2.45) is 4.99 Å². The summed E-state index contributed by atoms with van der Waals surface area (Å²) < 4.78 is 18.7. The van der Waals surface area contributed by atoms with Crippen LogP contribution in [0.2, 0.25) is 5.02 Å². The van der Waals surface area contributed by atoms with E-state index in [-0.39, 0.29) is 27.9 Å². The fraction of sp³-hybridized carbons (Fsp3) is 0. The van der Waals surface area contributed by atoms with Crippen molar-refractivity contribution in [1.29, 1.82) is 0 Å². The third kappa shape index (κ3) is 3.02. The van der Waals surface area contributed by atoms with Crippen LogP contribution in [0.1, 0.15) is 11.1 Å². The largest absolute Gasteiger partial charge is 0.402 e. The lowest BCUT2D eigenvalue weighted by Crippen LogP contribution is -2.07. The Kier molecular flexibility index (Phi) is 4.09. The van der Waals surface area contributed by atoms with Gasteiger partial charge in [-0.3, -0.25) is 10.1 Å². The quantitative estimate of drug-likeness (QED) is 0.367. The first-order valence-corrected chi connectivity index (χ1v) is 7.05. The standard InChI is InChI=1S/C16H8ClFN2O4/c17-11-6-5-9(8-14(11)20(22)23)7-13-16(21)24-15(19-13)10-3-1-2-4-12(10)18/h1-8H/b13-7-. The predicted molar refractivity (Wildman–Crippen MR) is 85.1 cm³/mol. The first-order valence-electron chi connectivity index (χ1n) is 6.67. The highest BCUT2D eigenvalue weighted by Gasteiger charge is 2.26. The van der Waals surface area contributed by atoms with Crippen LogP contribution in [0.5, 0.6) is 0 Å². The summed E-state index contributed by atoms with van der Waals surface area (Å²) in [5.74, 6) is -1.51. The number of cyclic esters (lactones) is 1. The van der Waals surface area contributed by atoms with Gasteiger partial charge in [-0.15, -0.1) is 0 Å². The molecule has 0 radical (unpaired) electrons. The molecule has 2 aromatic carbocycles. The molecule has 120 valence electrons. The molecule has 3 rings (SSSR count). The molecule has 2 aromatic rings. The van der Waals surface area contributed by atoms with Crippen molar-refractivity contribution in [3.05, 3.63) is 80.2 Å². The number of carbonyl (C=O) groups is 1. The van der Waals surface area contributed by atoms with Gasteiger partial charge in [0.2, 0.25) is 5.90 Å². The van der Waals surface area contributed by atoms with Crippen molar-refractivity contribution < 1.29 is 18.8 Å². The number of rotatable bonds is 3. The number of ether oxygens (including phenoxy) is 1. The van der Waals surface area contributed by atoms with Crippen LogP contribution < -0.4 is 0 Å². The highest BCUT2D eigenvalue weighted by molar-refractivity contribution is 6.32. The second-order valence-electron chi connectivity index (χ2n) is 4.78. The topological polar surface area (TPSA) is 81.8 Å².